The Morgan fingerprint density at radius 3 is 2.67 bits per heavy atom. The van der Waals surface area contributed by atoms with Crippen LogP contribution < -0.4 is 4.74 Å². The Balaban J connectivity index is 1.67. The van der Waals surface area contributed by atoms with Gasteiger partial charge >= 0.3 is 6.16 Å². The van der Waals surface area contributed by atoms with E-state index in [0.29, 0.717) is 28.6 Å². The largest absolute Gasteiger partial charge is 0.513 e. The third kappa shape index (κ3) is 7.38. The molecule has 0 atom stereocenters. The summed E-state index contributed by atoms with van der Waals surface area (Å²) in [4.78, 5) is 27.4. The van der Waals surface area contributed by atoms with Crippen LogP contribution in [-0.2, 0) is 11.2 Å². The fourth-order valence-electron chi connectivity index (χ4n) is 2.35. The number of pyridine rings is 1. The Morgan fingerprint density at radius 1 is 1.19 bits per heavy atom. The molecule has 0 aliphatic rings. The normalized spacial score (nSPS) is 10.4. The predicted molar refractivity (Wildman–Crippen MR) is 106 cm³/mol. The van der Waals surface area contributed by atoms with Gasteiger partial charge in [0, 0.05) is 27.7 Å². The van der Waals surface area contributed by atoms with E-state index in [1.807, 2.05) is 12.1 Å². The second-order valence-corrected chi connectivity index (χ2v) is 7.06. The minimum absolute atomic E-state index is 0.246. The third-order valence-corrected chi connectivity index (χ3v) is 4.86. The second-order valence-electron chi connectivity index (χ2n) is 5.98. The number of ether oxygens (including phenoxy) is 2. The van der Waals surface area contributed by atoms with E-state index >= 15 is 0 Å². The zero-order chi connectivity index (χ0) is 19.5. The van der Waals surface area contributed by atoms with Crippen molar-refractivity contribution in [2.75, 3.05) is 19.4 Å². The van der Waals surface area contributed by atoms with Crippen molar-refractivity contribution >= 4 is 23.6 Å². The second kappa shape index (κ2) is 11.3. The number of aryl methyl sites for hydroxylation is 1. The smallest absolute Gasteiger partial charge is 0.434 e. The van der Waals surface area contributed by atoms with Crippen molar-refractivity contribution in [3.05, 3.63) is 53.1 Å². The lowest BCUT2D eigenvalue weighted by molar-refractivity contribution is -0.431. The first-order valence-corrected chi connectivity index (χ1v) is 10.0. The van der Waals surface area contributed by atoms with Crippen LogP contribution in [-0.4, -0.2) is 35.3 Å². The Labute approximate surface area is 163 Å². The molecule has 0 aliphatic heterocycles. The molecule has 0 spiro atoms. The molecule has 0 saturated carbocycles. The lowest BCUT2D eigenvalue weighted by Crippen LogP contribution is -2.11. The number of unbranched alkanes of at least 4 members (excludes halogenated alkanes) is 1. The van der Waals surface area contributed by atoms with Crippen LogP contribution in [0.1, 0.15) is 31.7 Å². The minimum Gasteiger partial charge on any atom is -0.434 e. The van der Waals surface area contributed by atoms with Crippen molar-refractivity contribution in [2.24, 2.45) is 0 Å². The van der Waals surface area contributed by atoms with Crippen LogP contribution in [0.25, 0.3) is 0 Å². The fraction of sp³-hybridized carbons (Fsp3) is 0.400. The minimum atomic E-state index is -0.709. The van der Waals surface area contributed by atoms with E-state index in [4.69, 9.17) is 9.47 Å². The molecule has 27 heavy (non-hydrogen) atoms. The van der Waals surface area contributed by atoms with Gasteiger partial charge < -0.3 is 9.47 Å². The molecule has 0 amide bonds. The number of hydrogen-bond donors (Lipinski definition) is 0. The summed E-state index contributed by atoms with van der Waals surface area (Å²) in [5.41, 5.74) is 1.76. The van der Waals surface area contributed by atoms with E-state index in [0.717, 1.165) is 24.0 Å². The molecule has 0 N–H and O–H groups in total. The van der Waals surface area contributed by atoms with E-state index in [1.165, 1.54) is 24.4 Å². The van der Waals surface area contributed by atoms with Gasteiger partial charge in [-0.15, -0.1) is 0 Å². The van der Waals surface area contributed by atoms with Crippen LogP contribution in [0.2, 0.25) is 0 Å². The number of nitroso groups, excluding NO2 is 1. The molecule has 2 rings (SSSR count). The van der Waals surface area contributed by atoms with E-state index in [1.54, 1.807) is 30.5 Å². The van der Waals surface area contributed by atoms with E-state index in [9.17, 15) is 9.70 Å². The van der Waals surface area contributed by atoms with E-state index in [2.05, 4.69) is 11.9 Å². The number of thioether (sulfide) groups is 1. The number of carbonyl (C=O) groups excluding carboxylic acids is 1. The highest BCUT2D eigenvalue weighted by Gasteiger charge is 2.15. The standard InChI is InChI=1S/C20H25N2O4S/c1-3-4-7-16-9-11-17(12-10-16)26-20(23)25-14-6-15-27-19-18(22(2)24)8-5-13-21-19/h5,8-13H,3-4,6-7,14-15H2,1-2H3/q+1. The first kappa shape index (κ1) is 20.9. The maximum absolute atomic E-state index is 11.7. The zero-order valence-corrected chi connectivity index (χ0v) is 16.5. The van der Waals surface area contributed by atoms with Crippen LogP contribution >= 0.6 is 11.8 Å². The topological polar surface area (TPSA) is 68.5 Å². The van der Waals surface area contributed by atoms with Crippen LogP contribution in [0.3, 0.4) is 0 Å². The number of benzene rings is 1. The molecule has 1 heterocycles. The monoisotopic (exact) mass is 389 g/mol. The Kier molecular flexibility index (Phi) is 8.77. The molecule has 7 heteroatoms. The number of hydrogen-bond acceptors (Lipinski definition) is 6. The predicted octanol–water partition coefficient (Wildman–Crippen LogP) is 5.16. The summed E-state index contributed by atoms with van der Waals surface area (Å²) in [6.07, 6.45) is 4.90. The van der Waals surface area contributed by atoms with Crippen molar-refractivity contribution in [2.45, 2.75) is 37.6 Å². The number of aromatic nitrogens is 1. The SMILES string of the molecule is CCCCc1ccc(OC(=O)OCCCSc2ncccc2[N+](C)=O)cc1. The summed E-state index contributed by atoms with van der Waals surface area (Å²) in [7, 11) is 1.44. The summed E-state index contributed by atoms with van der Waals surface area (Å²) in [5.74, 6) is 1.16. The highest BCUT2D eigenvalue weighted by molar-refractivity contribution is 7.99. The van der Waals surface area contributed by atoms with Gasteiger partial charge in [-0.3, -0.25) is 0 Å². The van der Waals surface area contributed by atoms with Crippen LogP contribution in [0.5, 0.6) is 5.75 Å². The summed E-state index contributed by atoms with van der Waals surface area (Å²) in [5, 5.41) is 0.667. The van der Waals surface area contributed by atoms with Crippen molar-refractivity contribution in [1.29, 1.82) is 0 Å². The van der Waals surface area contributed by atoms with E-state index in [-0.39, 0.29) is 6.61 Å². The van der Waals surface area contributed by atoms with Crippen molar-refractivity contribution in [3.63, 3.8) is 0 Å². The van der Waals surface area contributed by atoms with Crippen LogP contribution in [0, 0.1) is 4.91 Å². The van der Waals surface area contributed by atoms with Gasteiger partial charge in [0.25, 0.3) is 5.69 Å². The van der Waals surface area contributed by atoms with Crippen molar-refractivity contribution in [3.8, 4) is 5.75 Å². The number of carbonyl (C=O) groups is 1. The molecule has 0 saturated heterocycles. The lowest BCUT2D eigenvalue weighted by Gasteiger charge is -2.07. The van der Waals surface area contributed by atoms with Gasteiger partial charge in [-0.1, -0.05) is 37.2 Å². The average molecular weight is 389 g/mol. The molecule has 1 aromatic heterocycles. The fourth-order valence-corrected chi connectivity index (χ4v) is 3.28. The molecule has 2 aromatic rings. The first-order chi connectivity index (χ1) is 13.1. The van der Waals surface area contributed by atoms with Crippen molar-refractivity contribution in [1.82, 2.24) is 4.98 Å². The molecule has 6 nitrogen and oxygen atoms in total. The first-order valence-electron chi connectivity index (χ1n) is 9.02. The maximum Gasteiger partial charge on any atom is 0.513 e. The van der Waals surface area contributed by atoms with Gasteiger partial charge in [0.15, 0.2) is 12.1 Å². The Morgan fingerprint density at radius 2 is 1.96 bits per heavy atom. The molecule has 144 valence electrons. The number of nitrogens with zero attached hydrogens (tertiary/aromatic N) is 2. The van der Waals surface area contributed by atoms with Gasteiger partial charge in [-0.25, -0.2) is 9.78 Å². The highest BCUT2D eigenvalue weighted by Crippen LogP contribution is 2.26. The molecule has 0 aliphatic carbocycles. The zero-order valence-electron chi connectivity index (χ0n) is 15.7. The Hall–Kier alpha value is -2.41. The van der Waals surface area contributed by atoms with Crippen LogP contribution in [0.15, 0.2) is 47.6 Å². The average Bonchev–Trinajstić information content (AvgIpc) is 2.67. The molecule has 0 fully saturated rings. The third-order valence-electron chi connectivity index (χ3n) is 3.78. The molecule has 0 unspecified atom stereocenters. The maximum atomic E-state index is 11.7. The summed E-state index contributed by atoms with van der Waals surface area (Å²) >= 11 is 1.45. The molecule has 1 aromatic carbocycles. The Bertz CT molecular complexity index is 750. The highest BCUT2D eigenvalue weighted by atomic mass is 32.2. The van der Waals surface area contributed by atoms with E-state index < -0.39 is 6.16 Å². The summed E-state index contributed by atoms with van der Waals surface area (Å²) in [6.45, 7) is 2.40. The molecular weight excluding hydrogens is 364 g/mol. The molecular formula is C20H25N2O4S+. The number of rotatable bonds is 10. The molecule has 0 bridgehead atoms. The van der Waals surface area contributed by atoms with Crippen LogP contribution in [0.4, 0.5) is 10.5 Å². The van der Waals surface area contributed by atoms with Crippen molar-refractivity contribution < 1.29 is 19.0 Å². The van der Waals surface area contributed by atoms with Gasteiger partial charge in [0.05, 0.1) is 6.61 Å². The quantitative estimate of drug-likeness (QED) is 0.184. The van der Waals surface area contributed by atoms with Gasteiger partial charge in [0.2, 0.25) is 0 Å². The summed E-state index contributed by atoms with van der Waals surface area (Å²) < 4.78 is 11.0. The van der Waals surface area contributed by atoms with Gasteiger partial charge in [-0.2, -0.15) is 0 Å². The molecule has 0 radical (unpaired) electrons. The summed E-state index contributed by atoms with van der Waals surface area (Å²) in [6, 6.07) is 10.9. The van der Waals surface area contributed by atoms with Gasteiger partial charge in [0.1, 0.15) is 5.75 Å². The van der Waals surface area contributed by atoms with Gasteiger partial charge in [-0.05, 0) is 43.0 Å². The lowest BCUT2D eigenvalue weighted by atomic mass is 10.1.